The van der Waals surface area contributed by atoms with Gasteiger partial charge in [-0.15, -0.1) is 11.3 Å². The molecular formula is C32H26ClNO7S. The number of hydrogen-bond donors (Lipinski definition) is 1. The number of hydrogen-bond acceptors (Lipinski definition) is 7. The van der Waals surface area contributed by atoms with Crippen LogP contribution in [0.4, 0.5) is 0 Å². The second kappa shape index (κ2) is 10.8. The molecule has 8 nitrogen and oxygen atoms in total. The zero-order chi connectivity index (χ0) is 29.6. The van der Waals surface area contributed by atoms with Crippen LogP contribution in [0, 0.1) is 5.92 Å². The lowest BCUT2D eigenvalue weighted by molar-refractivity contribution is -0.148. The third-order valence-electron chi connectivity index (χ3n) is 8.07. The molecule has 214 valence electrons. The summed E-state index contributed by atoms with van der Waals surface area (Å²) in [5.74, 6) is -2.60. The summed E-state index contributed by atoms with van der Waals surface area (Å²) in [5, 5.41) is 11.0. The molecule has 2 aliphatic rings. The second-order valence-electron chi connectivity index (χ2n) is 10.3. The highest BCUT2D eigenvalue weighted by atomic mass is 35.5. The molecule has 0 radical (unpaired) electrons. The number of thiophene rings is 1. The summed E-state index contributed by atoms with van der Waals surface area (Å²) < 4.78 is 17.1. The molecular weight excluding hydrogens is 578 g/mol. The number of carbonyl (C=O) groups excluding carboxylic acids is 2. The summed E-state index contributed by atoms with van der Waals surface area (Å²) >= 11 is 7.36. The van der Waals surface area contributed by atoms with Crippen molar-refractivity contribution in [3.05, 3.63) is 111 Å². The summed E-state index contributed by atoms with van der Waals surface area (Å²) in [7, 11) is 1.51. The SMILES string of the molecule is COc1cccc(C2C(C(=O)c3ccc(Cl)s3)C(c3ccc4c(c3)OCO4)N(C(=O)c3ccccc3)C2(C)C(=O)O)c1. The molecule has 2 aliphatic heterocycles. The van der Waals surface area contributed by atoms with Gasteiger partial charge in [-0.2, -0.15) is 0 Å². The van der Waals surface area contributed by atoms with Crippen LogP contribution in [0.2, 0.25) is 4.34 Å². The molecule has 0 bridgehead atoms. The highest BCUT2D eigenvalue weighted by Crippen LogP contribution is 2.58. The summed E-state index contributed by atoms with van der Waals surface area (Å²) in [6.45, 7) is 1.54. The van der Waals surface area contributed by atoms with E-state index in [1.54, 1.807) is 84.9 Å². The Labute approximate surface area is 251 Å². The van der Waals surface area contributed by atoms with E-state index in [0.717, 1.165) is 11.3 Å². The lowest BCUT2D eigenvalue weighted by atomic mass is 9.72. The van der Waals surface area contributed by atoms with Gasteiger partial charge >= 0.3 is 5.97 Å². The molecule has 1 fully saturated rings. The Morgan fingerprint density at radius 2 is 1.71 bits per heavy atom. The first-order chi connectivity index (χ1) is 20.2. The molecule has 0 aliphatic carbocycles. The van der Waals surface area contributed by atoms with Crippen molar-refractivity contribution in [2.24, 2.45) is 5.92 Å². The van der Waals surface area contributed by atoms with Gasteiger partial charge in [0, 0.05) is 11.5 Å². The van der Waals surface area contributed by atoms with Gasteiger partial charge in [-0.1, -0.05) is 48.0 Å². The fourth-order valence-corrected chi connectivity index (χ4v) is 7.18. The Bertz CT molecular complexity index is 1690. The van der Waals surface area contributed by atoms with Crippen molar-refractivity contribution in [2.45, 2.75) is 24.4 Å². The number of carbonyl (C=O) groups is 3. The summed E-state index contributed by atoms with van der Waals surface area (Å²) in [5.41, 5.74) is -0.467. The lowest BCUT2D eigenvalue weighted by Crippen LogP contribution is -2.54. The van der Waals surface area contributed by atoms with Crippen LogP contribution in [0.1, 0.15) is 50.0 Å². The number of likely N-dealkylation sites (tertiary alicyclic amines) is 1. The Balaban J connectivity index is 1.65. The van der Waals surface area contributed by atoms with Crippen LogP contribution >= 0.6 is 22.9 Å². The van der Waals surface area contributed by atoms with Crippen molar-refractivity contribution in [3.8, 4) is 17.2 Å². The van der Waals surface area contributed by atoms with Crippen molar-refractivity contribution in [2.75, 3.05) is 13.9 Å². The number of carboxylic acids is 1. The maximum Gasteiger partial charge on any atom is 0.330 e. The molecule has 4 atom stereocenters. The fraction of sp³-hybridized carbons (Fsp3) is 0.219. The molecule has 0 saturated carbocycles. The summed E-state index contributed by atoms with van der Waals surface area (Å²) in [6.07, 6.45) is 0. The number of methoxy groups -OCH3 is 1. The molecule has 3 aromatic carbocycles. The van der Waals surface area contributed by atoms with Crippen molar-refractivity contribution in [3.63, 3.8) is 0 Å². The Kier molecular flexibility index (Phi) is 7.16. The monoisotopic (exact) mass is 603 g/mol. The first-order valence-electron chi connectivity index (χ1n) is 13.2. The fourth-order valence-electron chi connectivity index (χ4n) is 6.15. The highest BCUT2D eigenvalue weighted by Gasteiger charge is 2.65. The molecule has 4 aromatic rings. The van der Waals surface area contributed by atoms with Gasteiger partial charge in [0.05, 0.1) is 28.3 Å². The van der Waals surface area contributed by atoms with Crippen LogP contribution in [0.15, 0.2) is 84.9 Å². The predicted molar refractivity (Wildman–Crippen MR) is 157 cm³/mol. The second-order valence-corrected chi connectivity index (χ2v) is 12.0. The standard InChI is InChI=1S/C32H26ClNO7S/c1-32(31(37)38)27(19-9-6-10-21(15-19)39-2)26(29(35)24-13-14-25(33)42-24)28(20-11-12-22-23(16-20)41-17-40-22)34(32)30(36)18-7-4-3-5-8-18/h3-16,26-28H,17H2,1-2H3,(H,37,38). The van der Waals surface area contributed by atoms with Crippen molar-refractivity contribution in [1.29, 1.82) is 0 Å². The van der Waals surface area contributed by atoms with Gasteiger partial charge < -0.3 is 24.2 Å². The van der Waals surface area contributed by atoms with Gasteiger partial charge in [0.1, 0.15) is 11.3 Å². The number of benzene rings is 3. The lowest BCUT2D eigenvalue weighted by Gasteiger charge is -2.38. The van der Waals surface area contributed by atoms with Crippen molar-refractivity contribution < 1.29 is 33.7 Å². The van der Waals surface area contributed by atoms with E-state index in [0.29, 0.717) is 43.2 Å². The normalized spacial score (nSPS) is 22.6. The number of ketones is 1. The van der Waals surface area contributed by atoms with Crippen LogP contribution in [0.5, 0.6) is 17.2 Å². The number of carboxylic acid groups (broad SMARTS) is 1. The first kappa shape index (κ1) is 27.8. The van der Waals surface area contributed by atoms with Gasteiger partial charge in [-0.25, -0.2) is 4.79 Å². The minimum atomic E-state index is -1.86. The first-order valence-corrected chi connectivity index (χ1v) is 14.4. The molecule has 3 heterocycles. The Morgan fingerprint density at radius 3 is 2.40 bits per heavy atom. The van der Waals surface area contributed by atoms with Crippen molar-refractivity contribution >= 4 is 40.6 Å². The third-order valence-corrected chi connectivity index (χ3v) is 9.31. The molecule has 1 amide bonds. The van der Waals surface area contributed by atoms with Gasteiger partial charge in [0.15, 0.2) is 17.3 Å². The van der Waals surface area contributed by atoms with Gasteiger partial charge in [0.25, 0.3) is 5.91 Å². The molecule has 4 unspecified atom stereocenters. The van der Waals surface area contributed by atoms with Gasteiger partial charge in [-0.05, 0) is 66.6 Å². The number of rotatable bonds is 7. The van der Waals surface area contributed by atoms with E-state index in [-0.39, 0.29) is 12.6 Å². The minimum absolute atomic E-state index is 0.0332. The predicted octanol–water partition coefficient (Wildman–Crippen LogP) is 6.46. The summed E-state index contributed by atoms with van der Waals surface area (Å²) in [6, 6.07) is 22.9. The molecule has 42 heavy (non-hydrogen) atoms. The Morgan fingerprint density at radius 1 is 0.952 bits per heavy atom. The molecule has 1 aromatic heterocycles. The van der Waals surface area contributed by atoms with Gasteiger partial charge in [0.2, 0.25) is 6.79 Å². The van der Waals surface area contributed by atoms with E-state index in [4.69, 9.17) is 25.8 Å². The number of halogens is 1. The average molecular weight is 604 g/mol. The molecule has 1 N–H and O–H groups in total. The molecule has 1 saturated heterocycles. The number of fused-ring (bicyclic) bond motifs is 1. The smallest absolute Gasteiger partial charge is 0.330 e. The number of amides is 1. The number of nitrogens with zero attached hydrogens (tertiary/aromatic N) is 1. The topological polar surface area (TPSA) is 102 Å². The van der Waals surface area contributed by atoms with Gasteiger partial charge in [-0.3, -0.25) is 9.59 Å². The van der Waals surface area contributed by atoms with E-state index in [1.807, 2.05) is 0 Å². The molecule has 6 rings (SSSR count). The van der Waals surface area contributed by atoms with E-state index < -0.39 is 35.3 Å². The molecule has 0 spiro atoms. The summed E-state index contributed by atoms with van der Waals surface area (Å²) in [4.78, 5) is 44.2. The van der Waals surface area contributed by atoms with Crippen molar-refractivity contribution in [1.82, 2.24) is 4.90 Å². The van der Waals surface area contributed by atoms with E-state index in [2.05, 4.69) is 0 Å². The van der Waals surface area contributed by atoms with Crippen LogP contribution in [-0.2, 0) is 4.79 Å². The van der Waals surface area contributed by atoms with Crippen LogP contribution < -0.4 is 14.2 Å². The van der Waals surface area contributed by atoms with E-state index in [1.165, 1.54) is 18.9 Å². The Hall–Kier alpha value is -4.34. The minimum Gasteiger partial charge on any atom is -0.497 e. The average Bonchev–Trinajstić information content (AvgIpc) is 3.73. The highest BCUT2D eigenvalue weighted by molar-refractivity contribution is 7.18. The number of aliphatic carboxylic acids is 1. The number of Topliss-reactive ketones (excluding diaryl/α,β-unsaturated/α-hetero) is 1. The van der Waals surface area contributed by atoms with E-state index >= 15 is 0 Å². The zero-order valence-corrected chi connectivity index (χ0v) is 24.2. The maximum absolute atomic E-state index is 14.6. The largest absolute Gasteiger partial charge is 0.497 e. The third kappa shape index (κ3) is 4.49. The maximum atomic E-state index is 14.6. The zero-order valence-electron chi connectivity index (χ0n) is 22.7. The quantitative estimate of drug-likeness (QED) is 0.242. The molecule has 10 heteroatoms. The number of ether oxygens (including phenoxy) is 3. The van der Waals surface area contributed by atoms with E-state index in [9.17, 15) is 19.5 Å². The van der Waals surface area contributed by atoms with Crippen LogP contribution in [0.3, 0.4) is 0 Å². The van der Waals surface area contributed by atoms with Crippen LogP contribution in [-0.4, -0.2) is 47.1 Å². The van der Waals surface area contributed by atoms with Crippen LogP contribution in [0.25, 0.3) is 0 Å².